The van der Waals surface area contributed by atoms with Gasteiger partial charge in [0.05, 0.1) is 18.2 Å². The maximum Gasteiger partial charge on any atom is 0.300 e. The van der Waals surface area contributed by atoms with Crippen LogP contribution in [-0.2, 0) is 9.59 Å². The number of Topliss-reactive ketones (excluding diaryl/α,β-unsaturated/α-hetero) is 1. The van der Waals surface area contributed by atoms with Gasteiger partial charge >= 0.3 is 0 Å². The molecule has 1 atom stereocenters. The maximum absolute atomic E-state index is 13.1. The Morgan fingerprint density at radius 2 is 1.72 bits per heavy atom. The Hall–Kier alpha value is -4.06. The highest BCUT2D eigenvalue weighted by Crippen LogP contribution is 2.42. The SMILES string of the molecule is CCCOc1cccc(/C(O)=C2/C(=O)C(=O)N(c3ccccc3)C2c2cccc(O)c2)c1. The number of ketones is 1. The second kappa shape index (κ2) is 8.98. The van der Waals surface area contributed by atoms with E-state index in [0.29, 0.717) is 29.2 Å². The third-order valence-corrected chi connectivity index (χ3v) is 5.25. The lowest BCUT2D eigenvalue weighted by Crippen LogP contribution is -2.29. The van der Waals surface area contributed by atoms with Gasteiger partial charge < -0.3 is 14.9 Å². The van der Waals surface area contributed by atoms with Gasteiger partial charge in [-0.05, 0) is 48.4 Å². The summed E-state index contributed by atoms with van der Waals surface area (Å²) in [7, 11) is 0. The van der Waals surface area contributed by atoms with E-state index in [-0.39, 0.29) is 17.1 Å². The third kappa shape index (κ3) is 3.95. The summed E-state index contributed by atoms with van der Waals surface area (Å²) in [5.74, 6) is -1.28. The minimum atomic E-state index is -0.898. The Kier molecular flexibility index (Phi) is 5.94. The Morgan fingerprint density at radius 1 is 0.969 bits per heavy atom. The van der Waals surface area contributed by atoms with Gasteiger partial charge in [0.25, 0.3) is 11.7 Å². The van der Waals surface area contributed by atoms with Crippen molar-refractivity contribution in [3.8, 4) is 11.5 Å². The van der Waals surface area contributed by atoms with E-state index in [1.807, 2.05) is 13.0 Å². The van der Waals surface area contributed by atoms with Crippen LogP contribution in [0, 0.1) is 0 Å². The molecular weight excluding hydrogens is 406 g/mol. The van der Waals surface area contributed by atoms with Crippen LogP contribution in [0.15, 0.2) is 84.4 Å². The number of hydrogen-bond donors (Lipinski definition) is 2. The van der Waals surface area contributed by atoms with Crippen LogP contribution in [0.2, 0.25) is 0 Å². The molecule has 1 aliphatic rings. The highest BCUT2D eigenvalue weighted by Gasteiger charge is 2.47. The summed E-state index contributed by atoms with van der Waals surface area (Å²) in [6, 6.07) is 21.0. The van der Waals surface area contributed by atoms with Crippen LogP contribution < -0.4 is 9.64 Å². The molecule has 1 saturated heterocycles. The smallest absolute Gasteiger partial charge is 0.300 e. The maximum atomic E-state index is 13.1. The number of carbonyl (C=O) groups excluding carboxylic acids is 2. The first-order valence-corrected chi connectivity index (χ1v) is 10.4. The lowest BCUT2D eigenvalue weighted by molar-refractivity contribution is -0.132. The molecule has 6 heteroatoms. The van der Waals surface area contributed by atoms with Gasteiger partial charge in [-0.1, -0.05) is 49.4 Å². The number of hydrogen-bond acceptors (Lipinski definition) is 5. The number of aliphatic hydroxyl groups excluding tert-OH is 1. The van der Waals surface area contributed by atoms with Crippen LogP contribution in [0.3, 0.4) is 0 Å². The van der Waals surface area contributed by atoms with Gasteiger partial charge in [-0.25, -0.2) is 0 Å². The van der Waals surface area contributed by atoms with Crippen molar-refractivity contribution < 1.29 is 24.5 Å². The van der Waals surface area contributed by atoms with Crippen molar-refractivity contribution in [2.75, 3.05) is 11.5 Å². The van der Waals surface area contributed by atoms with E-state index < -0.39 is 17.7 Å². The van der Waals surface area contributed by atoms with Crippen molar-refractivity contribution in [2.24, 2.45) is 0 Å². The van der Waals surface area contributed by atoms with Gasteiger partial charge in [0, 0.05) is 11.3 Å². The molecule has 162 valence electrons. The van der Waals surface area contributed by atoms with Crippen LogP contribution in [0.5, 0.6) is 11.5 Å². The number of benzene rings is 3. The molecular formula is C26H23NO5. The first-order chi connectivity index (χ1) is 15.5. The lowest BCUT2D eigenvalue weighted by Gasteiger charge is -2.25. The number of phenolic OH excluding ortho intramolecular Hbond substituents is 1. The van der Waals surface area contributed by atoms with E-state index in [2.05, 4.69) is 0 Å². The fraction of sp³-hybridized carbons (Fsp3) is 0.154. The molecule has 1 heterocycles. The number of nitrogens with zero attached hydrogens (tertiary/aromatic N) is 1. The average Bonchev–Trinajstić information content (AvgIpc) is 3.08. The average molecular weight is 429 g/mol. The molecule has 0 saturated carbocycles. The van der Waals surface area contributed by atoms with Crippen molar-refractivity contribution in [2.45, 2.75) is 19.4 Å². The zero-order valence-corrected chi connectivity index (χ0v) is 17.6. The van der Waals surface area contributed by atoms with Gasteiger partial charge in [-0.2, -0.15) is 0 Å². The third-order valence-electron chi connectivity index (χ3n) is 5.25. The number of phenols is 1. The zero-order valence-electron chi connectivity index (χ0n) is 17.6. The van der Waals surface area contributed by atoms with Gasteiger partial charge in [-0.3, -0.25) is 14.5 Å². The lowest BCUT2D eigenvalue weighted by atomic mass is 9.95. The summed E-state index contributed by atoms with van der Waals surface area (Å²) in [4.78, 5) is 27.5. The molecule has 1 unspecified atom stereocenters. The number of amides is 1. The predicted molar refractivity (Wildman–Crippen MR) is 122 cm³/mol. The molecule has 0 aromatic heterocycles. The van der Waals surface area contributed by atoms with Gasteiger partial charge in [-0.15, -0.1) is 0 Å². The number of anilines is 1. The Balaban J connectivity index is 1.89. The molecule has 4 rings (SSSR count). The molecule has 1 fully saturated rings. The van der Waals surface area contributed by atoms with Gasteiger partial charge in [0.1, 0.15) is 17.3 Å². The first-order valence-electron chi connectivity index (χ1n) is 10.4. The molecule has 1 amide bonds. The topological polar surface area (TPSA) is 87.1 Å². The largest absolute Gasteiger partial charge is 0.508 e. The minimum absolute atomic E-state index is 0.00360. The standard InChI is InChI=1S/C26H23NO5/c1-2-14-32-21-13-7-9-18(16-21)24(29)22-23(17-8-6-12-20(28)15-17)27(26(31)25(22)30)19-10-4-3-5-11-19/h3-13,15-16,23,28-29H,2,14H2,1H3/b24-22-. The van der Waals surface area contributed by atoms with Crippen LogP contribution in [-0.4, -0.2) is 28.5 Å². The van der Waals surface area contributed by atoms with E-state index in [0.717, 1.165) is 6.42 Å². The number of carbonyl (C=O) groups is 2. The molecule has 0 spiro atoms. The summed E-state index contributed by atoms with van der Waals surface area (Å²) in [6.07, 6.45) is 0.829. The molecule has 0 aliphatic carbocycles. The van der Waals surface area contributed by atoms with Gasteiger partial charge in [0.15, 0.2) is 0 Å². The summed E-state index contributed by atoms with van der Waals surface area (Å²) in [6.45, 7) is 2.51. The molecule has 0 radical (unpaired) electrons. The summed E-state index contributed by atoms with van der Waals surface area (Å²) in [5.41, 5.74) is 1.35. The van der Waals surface area contributed by atoms with Crippen LogP contribution in [0.25, 0.3) is 5.76 Å². The second-order valence-corrected chi connectivity index (χ2v) is 7.48. The zero-order chi connectivity index (χ0) is 22.7. The Bertz CT molecular complexity index is 1190. The van der Waals surface area contributed by atoms with Crippen LogP contribution >= 0.6 is 0 Å². The molecule has 6 nitrogen and oxygen atoms in total. The van der Waals surface area contributed by atoms with Crippen molar-refractivity contribution in [1.82, 2.24) is 0 Å². The highest BCUT2D eigenvalue weighted by atomic mass is 16.5. The quantitative estimate of drug-likeness (QED) is 0.334. The first kappa shape index (κ1) is 21.2. The molecule has 3 aromatic carbocycles. The number of aromatic hydroxyl groups is 1. The summed E-state index contributed by atoms with van der Waals surface area (Å²) < 4.78 is 5.65. The van der Waals surface area contributed by atoms with Crippen LogP contribution in [0.4, 0.5) is 5.69 Å². The molecule has 1 aliphatic heterocycles. The summed E-state index contributed by atoms with van der Waals surface area (Å²) in [5, 5.41) is 21.2. The van der Waals surface area contributed by atoms with Crippen molar-refractivity contribution in [1.29, 1.82) is 0 Å². The number of rotatable bonds is 6. The number of ether oxygens (including phenoxy) is 1. The molecule has 2 N–H and O–H groups in total. The van der Waals surface area contributed by atoms with E-state index in [4.69, 9.17) is 4.74 Å². The fourth-order valence-corrected chi connectivity index (χ4v) is 3.81. The van der Waals surface area contributed by atoms with Crippen molar-refractivity contribution >= 4 is 23.1 Å². The number of para-hydroxylation sites is 1. The van der Waals surface area contributed by atoms with Crippen molar-refractivity contribution in [3.63, 3.8) is 0 Å². The summed E-state index contributed by atoms with van der Waals surface area (Å²) >= 11 is 0. The van der Waals surface area contributed by atoms with E-state index in [1.54, 1.807) is 60.7 Å². The Labute approximate surface area is 186 Å². The number of aliphatic hydroxyl groups is 1. The van der Waals surface area contributed by atoms with E-state index in [9.17, 15) is 19.8 Å². The predicted octanol–water partition coefficient (Wildman–Crippen LogP) is 4.81. The fourth-order valence-electron chi connectivity index (χ4n) is 3.81. The van der Waals surface area contributed by atoms with E-state index in [1.165, 1.54) is 17.0 Å². The van der Waals surface area contributed by atoms with Crippen molar-refractivity contribution in [3.05, 3.63) is 95.6 Å². The van der Waals surface area contributed by atoms with E-state index >= 15 is 0 Å². The van der Waals surface area contributed by atoms with Gasteiger partial charge in [0.2, 0.25) is 0 Å². The molecule has 0 bridgehead atoms. The second-order valence-electron chi connectivity index (χ2n) is 7.48. The molecule has 3 aromatic rings. The monoisotopic (exact) mass is 429 g/mol. The highest BCUT2D eigenvalue weighted by molar-refractivity contribution is 6.51. The normalized spacial score (nSPS) is 17.5. The molecule has 32 heavy (non-hydrogen) atoms. The van der Waals surface area contributed by atoms with Crippen LogP contribution in [0.1, 0.15) is 30.5 Å². The Morgan fingerprint density at radius 3 is 2.44 bits per heavy atom. The minimum Gasteiger partial charge on any atom is -0.508 e.